The molecule has 90 valence electrons. The molecule has 0 amide bonds. The average molecular weight is 214 g/mol. The van der Waals surface area contributed by atoms with E-state index in [9.17, 15) is 0 Å². The largest absolute Gasteiger partial charge is 0.383 e. The molecule has 1 heterocycles. The van der Waals surface area contributed by atoms with Gasteiger partial charge >= 0.3 is 0 Å². The fraction of sp³-hybridized carbons (Fsp3) is 1.00. The first kappa shape index (κ1) is 12.9. The molecule has 1 aliphatic heterocycles. The summed E-state index contributed by atoms with van der Waals surface area (Å²) in [6, 6.07) is 0. The van der Waals surface area contributed by atoms with E-state index in [-0.39, 0.29) is 0 Å². The Bertz CT molecular complexity index is 182. The van der Waals surface area contributed by atoms with Crippen molar-refractivity contribution in [2.45, 2.75) is 38.6 Å². The molecule has 3 nitrogen and oxygen atoms in total. The van der Waals surface area contributed by atoms with Crippen molar-refractivity contribution in [3.63, 3.8) is 0 Å². The molecular formula is C12H26N2O. The van der Waals surface area contributed by atoms with Gasteiger partial charge in [0.15, 0.2) is 0 Å². The average Bonchev–Trinajstić information content (AvgIpc) is 2.16. The van der Waals surface area contributed by atoms with Gasteiger partial charge in [-0.15, -0.1) is 0 Å². The van der Waals surface area contributed by atoms with Gasteiger partial charge in [0.1, 0.15) is 0 Å². The van der Waals surface area contributed by atoms with Crippen molar-refractivity contribution in [1.82, 2.24) is 4.90 Å². The molecule has 0 aliphatic carbocycles. The van der Waals surface area contributed by atoms with Crippen molar-refractivity contribution in [3.05, 3.63) is 0 Å². The van der Waals surface area contributed by atoms with Crippen LogP contribution in [0.1, 0.15) is 33.1 Å². The minimum absolute atomic E-state index is 0.316. The highest BCUT2D eigenvalue weighted by molar-refractivity contribution is 4.89. The van der Waals surface area contributed by atoms with Gasteiger partial charge in [0.2, 0.25) is 0 Å². The highest BCUT2D eigenvalue weighted by Gasteiger charge is 2.33. The van der Waals surface area contributed by atoms with Crippen LogP contribution in [0.3, 0.4) is 0 Å². The summed E-state index contributed by atoms with van der Waals surface area (Å²) in [5, 5.41) is 0. The van der Waals surface area contributed by atoms with E-state index in [1.807, 2.05) is 0 Å². The second-order valence-corrected chi connectivity index (χ2v) is 5.23. The minimum atomic E-state index is 0.316. The molecule has 0 aromatic rings. The third kappa shape index (κ3) is 3.74. The van der Waals surface area contributed by atoms with Gasteiger partial charge in [0, 0.05) is 19.2 Å². The van der Waals surface area contributed by atoms with Crippen LogP contribution in [0.25, 0.3) is 0 Å². The SMILES string of the molecule is COCCN1CCC(CCN)CC1(C)C. The van der Waals surface area contributed by atoms with Gasteiger partial charge in [-0.25, -0.2) is 0 Å². The van der Waals surface area contributed by atoms with Crippen LogP contribution in [-0.2, 0) is 4.74 Å². The number of ether oxygens (including phenoxy) is 1. The number of likely N-dealkylation sites (tertiary alicyclic amines) is 1. The van der Waals surface area contributed by atoms with E-state index in [2.05, 4.69) is 18.7 Å². The number of hydrogen-bond acceptors (Lipinski definition) is 3. The number of methoxy groups -OCH3 is 1. The van der Waals surface area contributed by atoms with Gasteiger partial charge in [-0.1, -0.05) is 0 Å². The van der Waals surface area contributed by atoms with Crippen LogP contribution < -0.4 is 5.73 Å². The lowest BCUT2D eigenvalue weighted by atomic mass is 9.81. The zero-order valence-corrected chi connectivity index (χ0v) is 10.5. The van der Waals surface area contributed by atoms with Crippen LogP contribution in [0.4, 0.5) is 0 Å². The molecule has 1 fully saturated rings. The summed E-state index contributed by atoms with van der Waals surface area (Å²) in [5.74, 6) is 0.823. The van der Waals surface area contributed by atoms with E-state index in [1.54, 1.807) is 7.11 Å². The summed E-state index contributed by atoms with van der Waals surface area (Å²) in [4.78, 5) is 2.55. The van der Waals surface area contributed by atoms with E-state index >= 15 is 0 Å². The first-order valence-corrected chi connectivity index (χ1v) is 6.04. The molecular weight excluding hydrogens is 188 g/mol. The third-order valence-electron chi connectivity index (χ3n) is 3.59. The molecule has 0 aromatic carbocycles. The molecule has 1 unspecified atom stereocenters. The number of piperidine rings is 1. The molecule has 15 heavy (non-hydrogen) atoms. The monoisotopic (exact) mass is 214 g/mol. The van der Waals surface area contributed by atoms with Gasteiger partial charge in [0.25, 0.3) is 0 Å². The maximum absolute atomic E-state index is 5.63. The highest BCUT2D eigenvalue weighted by Crippen LogP contribution is 2.32. The van der Waals surface area contributed by atoms with Crippen LogP contribution in [0.15, 0.2) is 0 Å². The molecule has 0 radical (unpaired) electrons. The van der Waals surface area contributed by atoms with Crippen molar-refractivity contribution >= 4 is 0 Å². The maximum Gasteiger partial charge on any atom is 0.0589 e. The molecule has 1 atom stereocenters. The lowest BCUT2D eigenvalue weighted by Gasteiger charge is -2.45. The lowest BCUT2D eigenvalue weighted by Crippen LogP contribution is -2.51. The summed E-state index contributed by atoms with van der Waals surface area (Å²) < 4.78 is 5.15. The molecule has 3 heteroatoms. The number of nitrogens with zero attached hydrogens (tertiary/aromatic N) is 1. The zero-order chi connectivity index (χ0) is 11.3. The quantitative estimate of drug-likeness (QED) is 0.753. The Kier molecular flexibility index (Phi) is 5.03. The van der Waals surface area contributed by atoms with Gasteiger partial charge in [0.05, 0.1) is 6.61 Å². The Morgan fingerprint density at radius 3 is 2.73 bits per heavy atom. The van der Waals surface area contributed by atoms with Crippen molar-refractivity contribution in [2.75, 3.05) is 33.4 Å². The first-order chi connectivity index (χ1) is 7.10. The van der Waals surface area contributed by atoms with Gasteiger partial charge in [-0.2, -0.15) is 0 Å². The van der Waals surface area contributed by atoms with E-state index in [4.69, 9.17) is 10.5 Å². The smallest absolute Gasteiger partial charge is 0.0589 e. The van der Waals surface area contributed by atoms with Crippen molar-refractivity contribution in [3.8, 4) is 0 Å². The highest BCUT2D eigenvalue weighted by atomic mass is 16.5. The maximum atomic E-state index is 5.63. The van der Waals surface area contributed by atoms with E-state index in [0.29, 0.717) is 5.54 Å². The Balaban J connectivity index is 2.43. The summed E-state index contributed by atoms with van der Waals surface area (Å²) in [7, 11) is 1.77. The zero-order valence-electron chi connectivity index (χ0n) is 10.5. The number of nitrogens with two attached hydrogens (primary N) is 1. The Hall–Kier alpha value is -0.120. The fourth-order valence-corrected chi connectivity index (χ4v) is 2.68. The summed E-state index contributed by atoms with van der Waals surface area (Å²) in [5.41, 5.74) is 5.95. The summed E-state index contributed by atoms with van der Waals surface area (Å²) in [6.45, 7) is 8.60. The summed E-state index contributed by atoms with van der Waals surface area (Å²) >= 11 is 0. The molecule has 0 spiro atoms. The molecule has 1 aliphatic rings. The third-order valence-corrected chi connectivity index (χ3v) is 3.59. The van der Waals surface area contributed by atoms with Crippen LogP contribution >= 0.6 is 0 Å². The molecule has 0 saturated carbocycles. The van der Waals surface area contributed by atoms with Gasteiger partial charge in [-0.3, -0.25) is 4.90 Å². The number of hydrogen-bond donors (Lipinski definition) is 1. The lowest BCUT2D eigenvalue weighted by molar-refractivity contribution is 0.0239. The number of rotatable bonds is 5. The van der Waals surface area contributed by atoms with Crippen molar-refractivity contribution in [2.24, 2.45) is 11.7 Å². The Morgan fingerprint density at radius 1 is 1.47 bits per heavy atom. The predicted octanol–water partition coefficient (Wildman–Crippen LogP) is 1.47. The second kappa shape index (κ2) is 5.83. The Labute approximate surface area is 94.0 Å². The fourth-order valence-electron chi connectivity index (χ4n) is 2.68. The molecule has 0 bridgehead atoms. The van der Waals surface area contributed by atoms with Crippen LogP contribution in [0.2, 0.25) is 0 Å². The molecule has 2 N–H and O–H groups in total. The van der Waals surface area contributed by atoms with Crippen molar-refractivity contribution < 1.29 is 4.74 Å². The van der Waals surface area contributed by atoms with Gasteiger partial charge < -0.3 is 10.5 Å². The second-order valence-electron chi connectivity index (χ2n) is 5.23. The first-order valence-electron chi connectivity index (χ1n) is 6.04. The van der Waals surface area contributed by atoms with Crippen LogP contribution in [-0.4, -0.2) is 43.8 Å². The Morgan fingerprint density at radius 2 is 2.20 bits per heavy atom. The molecule has 1 rings (SSSR count). The van der Waals surface area contributed by atoms with Crippen LogP contribution in [0.5, 0.6) is 0 Å². The van der Waals surface area contributed by atoms with E-state index in [0.717, 1.165) is 25.6 Å². The molecule has 1 saturated heterocycles. The predicted molar refractivity (Wildman–Crippen MR) is 63.9 cm³/mol. The van der Waals surface area contributed by atoms with E-state index < -0.39 is 0 Å². The summed E-state index contributed by atoms with van der Waals surface area (Å²) in [6.07, 6.45) is 3.75. The van der Waals surface area contributed by atoms with E-state index in [1.165, 1.54) is 25.8 Å². The standard InChI is InChI=1S/C12H26N2O/c1-12(2)10-11(4-6-13)5-7-14(12)8-9-15-3/h11H,4-10,13H2,1-3H3. The van der Waals surface area contributed by atoms with Crippen molar-refractivity contribution in [1.29, 1.82) is 0 Å². The topological polar surface area (TPSA) is 38.5 Å². The normalized spacial score (nSPS) is 26.8. The van der Waals surface area contributed by atoms with Gasteiger partial charge in [-0.05, 0) is 52.1 Å². The molecule has 0 aromatic heterocycles. The van der Waals surface area contributed by atoms with Crippen LogP contribution in [0, 0.1) is 5.92 Å². The minimum Gasteiger partial charge on any atom is -0.383 e.